The van der Waals surface area contributed by atoms with Gasteiger partial charge in [0.15, 0.2) is 0 Å². The van der Waals surface area contributed by atoms with Gasteiger partial charge >= 0.3 is 5.97 Å². The number of nitrogens with zero attached hydrogens (tertiary/aromatic N) is 2. The van der Waals surface area contributed by atoms with Crippen LogP contribution in [-0.2, 0) is 25.6 Å². The Kier molecular flexibility index (Phi) is 9.04. The average Bonchev–Trinajstić information content (AvgIpc) is 3.48. The fourth-order valence-corrected chi connectivity index (χ4v) is 4.89. The summed E-state index contributed by atoms with van der Waals surface area (Å²) >= 11 is 0. The van der Waals surface area contributed by atoms with E-state index in [1.54, 1.807) is 13.8 Å². The number of hydrogen-bond donors (Lipinski definition) is 5. The number of rotatable bonds is 9. The van der Waals surface area contributed by atoms with E-state index in [9.17, 15) is 34.5 Å². The second kappa shape index (κ2) is 11.8. The number of carbonyl (C=O) groups excluding carboxylic acids is 3. The third-order valence-corrected chi connectivity index (χ3v) is 6.89. The van der Waals surface area contributed by atoms with E-state index in [0.717, 1.165) is 10.5 Å². The molecule has 2 fully saturated rings. The quantitative estimate of drug-likeness (QED) is 0.287. The summed E-state index contributed by atoms with van der Waals surface area (Å²) in [5.74, 6) is -3.34. The van der Waals surface area contributed by atoms with Crippen molar-refractivity contribution in [3.63, 3.8) is 0 Å². The number of carboxylic acids is 1. The Labute approximate surface area is 210 Å². The molecule has 0 aromatic heterocycles. The molecule has 3 amide bonds. The van der Waals surface area contributed by atoms with Crippen molar-refractivity contribution in [3.8, 4) is 0 Å². The Morgan fingerprint density at radius 2 is 1.78 bits per heavy atom. The minimum absolute atomic E-state index is 0.0620. The summed E-state index contributed by atoms with van der Waals surface area (Å²) in [6.45, 7) is 3.65. The van der Waals surface area contributed by atoms with Gasteiger partial charge < -0.3 is 36.2 Å². The molecule has 0 aliphatic carbocycles. The van der Waals surface area contributed by atoms with Crippen molar-refractivity contribution in [2.24, 2.45) is 11.7 Å². The number of carboxylic acid groups (broad SMARTS) is 1. The van der Waals surface area contributed by atoms with Crippen molar-refractivity contribution in [2.75, 3.05) is 13.1 Å². The van der Waals surface area contributed by atoms with Gasteiger partial charge in [0.25, 0.3) is 5.91 Å². The highest BCUT2D eigenvalue weighted by molar-refractivity contribution is 5.94. The fraction of sp³-hybridized carbons (Fsp3) is 0.600. The molecule has 11 nitrogen and oxygen atoms in total. The van der Waals surface area contributed by atoms with Gasteiger partial charge in [0.05, 0.1) is 6.10 Å². The maximum Gasteiger partial charge on any atom is 0.326 e. The Morgan fingerprint density at radius 1 is 1.11 bits per heavy atom. The van der Waals surface area contributed by atoms with Crippen molar-refractivity contribution in [2.45, 2.75) is 75.9 Å². The second-order valence-corrected chi connectivity index (χ2v) is 9.95. The van der Waals surface area contributed by atoms with E-state index < -0.39 is 60.1 Å². The van der Waals surface area contributed by atoms with Crippen LogP contribution in [0.3, 0.4) is 0 Å². The number of nitrogens with one attached hydrogen (secondary N) is 1. The minimum atomic E-state index is -1.54. The first-order valence-electron chi connectivity index (χ1n) is 12.3. The van der Waals surface area contributed by atoms with Gasteiger partial charge in [-0.25, -0.2) is 4.79 Å². The van der Waals surface area contributed by atoms with E-state index in [0.29, 0.717) is 12.8 Å². The number of amides is 3. The van der Waals surface area contributed by atoms with Crippen LogP contribution in [0.1, 0.15) is 38.7 Å². The van der Waals surface area contributed by atoms with Gasteiger partial charge in [-0.1, -0.05) is 44.2 Å². The molecular formula is C25H36N4O7. The van der Waals surface area contributed by atoms with Crippen molar-refractivity contribution in [1.82, 2.24) is 15.1 Å². The van der Waals surface area contributed by atoms with E-state index >= 15 is 0 Å². The van der Waals surface area contributed by atoms with Crippen LogP contribution in [0.15, 0.2) is 30.3 Å². The standard InChI is InChI=1S/C25H36N4O7/c1-14(2)20(27-22(32)21(31)17(26)11-15-7-4-3-5-8-15)24(34)28-10-6-9-18(28)23(33)29-13-16(30)12-19(29)25(35)36/h3-5,7-8,14,16-21,30-31H,6,9-13,26H2,1-2H3,(H,27,32)(H,35,36)/t16-,17+,18-,19-,20+,21-/m1/s1. The first-order valence-corrected chi connectivity index (χ1v) is 12.3. The molecule has 198 valence electrons. The Hall–Kier alpha value is -3.02. The van der Waals surface area contributed by atoms with Crippen molar-refractivity contribution >= 4 is 23.7 Å². The Balaban J connectivity index is 1.68. The molecule has 11 heteroatoms. The summed E-state index contributed by atoms with van der Waals surface area (Å²) in [6, 6.07) is 5.26. The van der Waals surface area contributed by atoms with Crippen LogP contribution in [0.25, 0.3) is 0 Å². The predicted octanol–water partition coefficient (Wildman–Crippen LogP) is -0.904. The average molecular weight is 505 g/mol. The van der Waals surface area contributed by atoms with Crippen LogP contribution in [0, 0.1) is 5.92 Å². The normalized spacial score (nSPS) is 24.4. The lowest BCUT2D eigenvalue weighted by Gasteiger charge is -2.33. The lowest BCUT2D eigenvalue weighted by molar-refractivity contribution is -0.152. The van der Waals surface area contributed by atoms with E-state index in [4.69, 9.17) is 5.73 Å². The number of likely N-dealkylation sites (tertiary alicyclic amines) is 2. The summed E-state index contributed by atoms with van der Waals surface area (Å²) in [5, 5.41) is 32.5. The molecule has 2 heterocycles. The summed E-state index contributed by atoms with van der Waals surface area (Å²) < 4.78 is 0. The molecule has 0 bridgehead atoms. The van der Waals surface area contributed by atoms with E-state index in [1.165, 1.54) is 4.90 Å². The number of hydrogen-bond acceptors (Lipinski definition) is 7. The lowest BCUT2D eigenvalue weighted by Crippen LogP contribution is -2.59. The lowest BCUT2D eigenvalue weighted by atomic mass is 9.99. The number of nitrogens with two attached hydrogens (primary N) is 1. The molecule has 3 rings (SSSR count). The van der Waals surface area contributed by atoms with Crippen LogP contribution >= 0.6 is 0 Å². The topological polar surface area (TPSA) is 173 Å². The Bertz CT molecular complexity index is 957. The summed E-state index contributed by atoms with van der Waals surface area (Å²) in [5.41, 5.74) is 6.92. The summed E-state index contributed by atoms with van der Waals surface area (Å²) in [7, 11) is 0. The predicted molar refractivity (Wildman–Crippen MR) is 129 cm³/mol. The van der Waals surface area contributed by atoms with Gasteiger partial charge in [-0.05, 0) is 30.7 Å². The van der Waals surface area contributed by atoms with Gasteiger partial charge in [0.1, 0.15) is 24.2 Å². The zero-order chi connectivity index (χ0) is 26.6. The van der Waals surface area contributed by atoms with Gasteiger partial charge in [0.2, 0.25) is 11.8 Å². The fourth-order valence-electron chi connectivity index (χ4n) is 4.89. The highest BCUT2D eigenvalue weighted by atomic mass is 16.4. The summed E-state index contributed by atoms with van der Waals surface area (Å²) in [4.78, 5) is 53.6. The van der Waals surface area contributed by atoms with Crippen molar-refractivity contribution < 1.29 is 34.5 Å². The van der Waals surface area contributed by atoms with Gasteiger partial charge in [-0.3, -0.25) is 14.4 Å². The maximum atomic E-state index is 13.5. The molecule has 1 aromatic carbocycles. The van der Waals surface area contributed by atoms with E-state index in [2.05, 4.69) is 5.32 Å². The van der Waals surface area contributed by atoms with Gasteiger partial charge in [-0.15, -0.1) is 0 Å². The van der Waals surface area contributed by atoms with Crippen LogP contribution in [-0.4, -0.2) is 98.3 Å². The number of aliphatic hydroxyl groups is 2. The first kappa shape index (κ1) is 27.6. The van der Waals surface area contributed by atoms with Crippen LogP contribution in [0.5, 0.6) is 0 Å². The van der Waals surface area contributed by atoms with Gasteiger partial charge in [0, 0.05) is 25.6 Å². The zero-order valence-electron chi connectivity index (χ0n) is 20.6. The minimum Gasteiger partial charge on any atom is -0.480 e. The highest BCUT2D eigenvalue weighted by Gasteiger charge is 2.46. The maximum absolute atomic E-state index is 13.5. The molecule has 0 spiro atoms. The third-order valence-electron chi connectivity index (χ3n) is 6.89. The van der Waals surface area contributed by atoms with Crippen LogP contribution in [0.4, 0.5) is 0 Å². The van der Waals surface area contributed by atoms with Crippen molar-refractivity contribution in [1.29, 1.82) is 0 Å². The van der Waals surface area contributed by atoms with E-state index in [-0.39, 0.29) is 31.8 Å². The third kappa shape index (κ3) is 6.21. The number of aliphatic hydroxyl groups excluding tert-OH is 2. The molecule has 36 heavy (non-hydrogen) atoms. The van der Waals surface area contributed by atoms with E-state index in [1.807, 2.05) is 30.3 Å². The molecule has 6 atom stereocenters. The van der Waals surface area contributed by atoms with Crippen LogP contribution in [0.2, 0.25) is 0 Å². The second-order valence-electron chi connectivity index (χ2n) is 9.95. The van der Waals surface area contributed by atoms with Crippen molar-refractivity contribution in [3.05, 3.63) is 35.9 Å². The molecule has 0 unspecified atom stereocenters. The molecule has 2 aliphatic rings. The smallest absolute Gasteiger partial charge is 0.326 e. The van der Waals surface area contributed by atoms with Gasteiger partial charge in [-0.2, -0.15) is 0 Å². The Morgan fingerprint density at radius 3 is 2.39 bits per heavy atom. The summed E-state index contributed by atoms with van der Waals surface area (Å²) in [6.07, 6.45) is -1.38. The molecule has 6 N–H and O–H groups in total. The largest absolute Gasteiger partial charge is 0.480 e. The number of benzene rings is 1. The molecule has 1 aromatic rings. The zero-order valence-corrected chi connectivity index (χ0v) is 20.6. The SMILES string of the molecule is CC(C)[C@H](NC(=O)[C@H](O)[C@@H](N)Cc1ccccc1)C(=O)N1CCC[C@@H]1C(=O)N1C[C@H](O)C[C@@H]1C(=O)O. The van der Waals surface area contributed by atoms with Crippen LogP contribution < -0.4 is 11.1 Å². The molecule has 0 saturated carbocycles. The highest BCUT2D eigenvalue weighted by Crippen LogP contribution is 2.26. The molecule has 0 radical (unpaired) electrons. The molecule has 2 saturated heterocycles. The first-order chi connectivity index (χ1) is 17.0. The molecule has 2 aliphatic heterocycles. The monoisotopic (exact) mass is 504 g/mol. The number of β-amino-alcohol motifs (C(OH)–C–C–N with tert-alkyl or cyclic N) is 1. The molecular weight excluding hydrogens is 468 g/mol. The number of carbonyl (C=O) groups is 4. The number of aliphatic carboxylic acids is 1.